The predicted octanol–water partition coefficient (Wildman–Crippen LogP) is 3.55. The standard InChI is InChI=1S/C24H32N6O4/c1-4-30-16(3)22(15(2)26-30)20-14-19(27-33-20)24(31)29-9-5-17(6-10-29)13-21-25-23(28-34-21)18-7-11-32-12-8-18/h14,17-18H,4-13H2,1-3H3. The Morgan fingerprint density at radius 1 is 1.09 bits per heavy atom. The number of carbonyl (C=O) groups is 1. The van der Waals surface area contributed by atoms with Crippen LogP contribution < -0.4 is 0 Å². The zero-order chi connectivity index (χ0) is 23.7. The second-order valence-electron chi connectivity index (χ2n) is 9.31. The van der Waals surface area contributed by atoms with E-state index in [4.69, 9.17) is 13.8 Å². The van der Waals surface area contributed by atoms with Crippen LogP contribution in [0.3, 0.4) is 0 Å². The van der Waals surface area contributed by atoms with Crippen LogP contribution in [0, 0.1) is 19.8 Å². The van der Waals surface area contributed by atoms with Gasteiger partial charge in [-0.1, -0.05) is 10.3 Å². The molecule has 0 spiro atoms. The highest BCUT2D eigenvalue weighted by Crippen LogP contribution is 2.29. The molecule has 0 N–H and O–H groups in total. The maximum absolute atomic E-state index is 13.1. The maximum Gasteiger partial charge on any atom is 0.276 e. The molecule has 182 valence electrons. The lowest BCUT2D eigenvalue weighted by Crippen LogP contribution is -2.39. The van der Waals surface area contributed by atoms with E-state index in [0.717, 1.165) is 74.6 Å². The van der Waals surface area contributed by atoms with E-state index < -0.39 is 0 Å². The molecular weight excluding hydrogens is 436 g/mol. The van der Waals surface area contributed by atoms with Crippen LogP contribution in [0.15, 0.2) is 15.1 Å². The number of carbonyl (C=O) groups excluding carboxylic acids is 1. The van der Waals surface area contributed by atoms with Gasteiger partial charge in [0.2, 0.25) is 5.89 Å². The Morgan fingerprint density at radius 3 is 2.56 bits per heavy atom. The maximum atomic E-state index is 13.1. The van der Waals surface area contributed by atoms with E-state index >= 15 is 0 Å². The van der Waals surface area contributed by atoms with Gasteiger partial charge < -0.3 is 18.7 Å². The summed E-state index contributed by atoms with van der Waals surface area (Å²) in [5, 5.41) is 12.8. The number of aromatic nitrogens is 5. The predicted molar refractivity (Wildman–Crippen MR) is 122 cm³/mol. The molecule has 10 nitrogen and oxygen atoms in total. The molecular formula is C24H32N6O4. The minimum Gasteiger partial charge on any atom is -0.381 e. The average Bonchev–Trinajstić information content (AvgIpc) is 3.59. The van der Waals surface area contributed by atoms with Crippen LogP contribution in [-0.2, 0) is 17.7 Å². The van der Waals surface area contributed by atoms with Crippen LogP contribution in [0.1, 0.15) is 72.1 Å². The van der Waals surface area contributed by atoms with E-state index in [9.17, 15) is 4.79 Å². The highest BCUT2D eigenvalue weighted by Gasteiger charge is 2.29. The second-order valence-corrected chi connectivity index (χ2v) is 9.31. The molecule has 5 heterocycles. The third-order valence-electron chi connectivity index (χ3n) is 7.09. The van der Waals surface area contributed by atoms with E-state index in [0.29, 0.717) is 42.3 Å². The summed E-state index contributed by atoms with van der Waals surface area (Å²) in [6.07, 6.45) is 4.44. The van der Waals surface area contributed by atoms with Crippen molar-refractivity contribution in [3.05, 3.63) is 34.9 Å². The van der Waals surface area contributed by atoms with Gasteiger partial charge in [-0.15, -0.1) is 0 Å². The van der Waals surface area contributed by atoms with Gasteiger partial charge in [-0.05, 0) is 52.4 Å². The SMILES string of the molecule is CCn1nc(C)c(-c2cc(C(=O)N3CCC(Cc4nc(C5CCOCC5)no4)CC3)no2)c1C. The number of nitrogens with zero attached hydrogens (tertiary/aromatic N) is 6. The molecule has 34 heavy (non-hydrogen) atoms. The second kappa shape index (κ2) is 9.69. The molecule has 0 aliphatic carbocycles. The van der Waals surface area contributed by atoms with E-state index in [-0.39, 0.29) is 5.91 Å². The first kappa shape index (κ1) is 22.8. The van der Waals surface area contributed by atoms with E-state index in [2.05, 4.69) is 20.4 Å². The zero-order valence-electron chi connectivity index (χ0n) is 20.1. The van der Waals surface area contributed by atoms with E-state index in [1.165, 1.54) is 0 Å². The minimum absolute atomic E-state index is 0.0915. The van der Waals surface area contributed by atoms with Gasteiger partial charge in [0.1, 0.15) is 0 Å². The fourth-order valence-electron chi connectivity index (χ4n) is 5.08. The number of piperidine rings is 1. The Morgan fingerprint density at radius 2 is 1.85 bits per heavy atom. The lowest BCUT2D eigenvalue weighted by Gasteiger charge is -2.30. The number of ether oxygens (including phenoxy) is 1. The summed E-state index contributed by atoms with van der Waals surface area (Å²) in [6, 6.07) is 1.74. The normalized spacial score (nSPS) is 18.0. The molecule has 2 saturated heterocycles. The number of hydrogen-bond acceptors (Lipinski definition) is 8. The van der Waals surface area contributed by atoms with Crippen molar-refractivity contribution in [2.45, 2.75) is 65.3 Å². The molecule has 0 radical (unpaired) electrons. The van der Waals surface area contributed by atoms with Gasteiger partial charge in [0.15, 0.2) is 17.3 Å². The van der Waals surface area contributed by atoms with Crippen LogP contribution in [0.5, 0.6) is 0 Å². The molecule has 2 aliphatic rings. The van der Waals surface area contributed by atoms with Crippen molar-refractivity contribution in [2.24, 2.45) is 5.92 Å². The van der Waals surface area contributed by atoms with Gasteiger partial charge in [0.05, 0.1) is 11.3 Å². The molecule has 1 amide bonds. The molecule has 0 bridgehead atoms. The minimum atomic E-state index is -0.0915. The van der Waals surface area contributed by atoms with Crippen molar-refractivity contribution in [3.8, 4) is 11.3 Å². The van der Waals surface area contributed by atoms with Gasteiger partial charge >= 0.3 is 0 Å². The van der Waals surface area contributed by atoms with Gasteiger partial charge in [-0.25, -0.2) is 0 Å². The van der Waals surface area contributed by atoms with Gasteiger partial charge in [-0.2, -0.15) is 10.1 Å². The Balaban J connectivity index is 1.17. The molecule has 2 fully saturated rings. The molecule has 0 saturated carbocycles. The summed E-state index contributed by atoms with van der Waals surface area (Å²) in [5.74, 6) is 2.76. The van der Waals surface area contributed by atoms with Gasteiger partial charge in [-0.3, -0.25) is 9.48 Å². The molecule has 3 aromatic heterocycles. The molecule has 2 aliphatic heterocycles. The van der Waals surface area contributed by atoms with Gasteiger partial charge in [0.25, 0.3) is 5.91 Å². The number of likely N-dealkylation sites (tertiary alicyclic amines) is 1. The summed E-state index contributed by atoms with van der Waals surface area (Å²) in [6.45, 7) is 9.65. The lowest BCUT2D eigenvalue weighted by molar-refractivity contribution is 0.0677. The molecule has 5 rings (SSSR count). The first-order valence-corrected chi connectivity index (χ1v) is 12.2. The van der Waals surface area contributed by atoms with Crippen molar-refractivity contribution < 1.29 is 18.6 Å². The zero-order valence-corrected chi connectivity index (χ0v) is 20.1. The molecule has 0 unspecified atom stereocenters. The Hall–Kier alpha value is -3.01. The topological polar surface area (TPSA) is 112 Å². The number of amides is 1. The van der Waals surface area contributed by atoms with Crippen LogP contribution in [-0.4, -0.2) is 62.2 Å². The van der Waals surface area contributed by atoms with Crippen molar-refractivity contribution in [1.29, 1.82) is 0 Å². The monoisotopic (exact) mass is 468 g/mol. The molecule has 3 aromatic rings. The lowest BCUT2D eigenvalue weighted by atomic mass is 9.93. The summed E-state index contributed by atoms with van der Waals surface area (Å²) in [5.41, 5.74) is 3.13. The summed E-state index contributed by atoms with van der Waals surface area (Å²) >= 11 is 0. The molecule has 10 heteroatoms. The fraction of sp³-hybridized carbons (Fsp3) is 0.625. The van der Waals surface area contributed by atoms with Crippen molar-refractivity contribution in [3.63, 3.8) is 0 Å². The molecule has 0 atom stereocenters. The Labute approximate surface area is 198 Å². The largest absolute Gasteiger partial charge is 0.381 e. The summed E-state index contributed by atoms with van der Waals surface area (Å²) in [4.78, 5) is 19.5. The van der Waals surface area contributed by atoms with Crippen LogP contribution in [0.25, 0.3) is 11.3 Å². The Bertz CT molecular complexity index is 1130. The third kappa shape index (κ3) is 4.51. The quantitative estimate of drug-likeness (QED) is 0.540. The van der Waals surface area contributed by atoms with Crippen LogP contribution in [0.4, 0.5) is 0 Å². The average molecular weight is 469 g/mol. The highest BCUT2D eigenvalue weighted by molar-refractivity contribution is 5.93. The van der Waals surface area contributed by atoms with E-state index in [1.54, 1.807) is 6.07 Å². The van der Waals surface area contributed by atoms with Crippen LogP contribution >= 0.6 is 0 Å². The van der Waals surface area contributed by atoms with Crippen LogP contribution in [0.2, 0.25) is 0 Å². The first-order chi connectivity index (χ1) is 16.5. The van der Waals surface area contributed by atoms with Crippen molar-refractivity contribution >= 4 is 5.91 Å². The highest BCUT2D eigenvalue weighted by atomic mass is 16.5. The fourth-order valence-corrected chi connectivity index (χ4v) is 5.08. The smallest absolute Gasteiger partial charge is 0.276 e. The summed E-state index contributed by atoms with van der Waals surface area (Å²) < 4.78 is 18.4. The number of aryl methyl sites for hydroxylation is 2. The van der Waals surface area contributed by atoms with E-state index in [1.807, 2.05) is 30.4 Å². The van der Waals surface area contributed by atoms with Crippen molar-refractivity contribution in [2.75, 3.05) is 26.3 Å². The molecule has 0 aromatic carbocycles. The number of hydrogen-bond donors (Lipinski definition) is 0. The third-order valence-corrected chi connectivity index (χ3v) is 7.09. The number of rotatable bonds is 6. The van der Waals surface area contributed by atoms with Crippen molar-refractivity contribution in [1.82, 2.24) is 30.0 Å². The van der Waals surface area contributed by atoms with Gasteiger partial charge in [0, 0.05) is 56.9 Å². The first-order valence-electron chi connectivity index (χ1n) is 12.2. The summed E-state index contributed by atoms with van der Waals surface area (Å²) in [7, 11) is 0. The Kier molecular flexibility index (Phi) is 6.49.